The molecule has 4 heterocycles. The van der Waals surface area contributed by atoms with Gasteiger partial charge in [0, 0.05) is 43.8 Å². The van der Waals surface area contributed by atoms with Gasteiger partial charge in [0.1, 0.15) is 0 Å². The van der Waals surface area contributed by atoms with E-state index in [1.807, 2.05) is 0 Å². The second-order valence-corrected chi connectivity index (χ2v) is 21.8. The van der Waals surface area contributed by atoms with Crippen LogP contribution < -0.4 is 10.9 Å². The third kappa shape index (κ3) is 4.82. The van der Waals surface area contributed by atoms with Gasteiger partial charge in [0.25, 0.3) is 0 Å². The Hall–Kier alpha value is -5.02. The van der Waals surface area contributed by atoms with Crippen molar-refractivity contribution >= 4 is 61.4 Å². The molecule has 0 aliphatic carbocycles. The highest BCUT2D eigenvalue weighted by Crippen LogP contribution is 2.51. The Morgan fingerprint density at radius 1 is 0.361 bits per heavy atom. The van der Waals surface area contributed by atoms with E-state index in [0.29, 0.717) is 0 Å². The number of benzene rings is 6. The van der Waals surface area contributed by atoms with Gasteiger partial charge in [-0.15, -0.1) is 0 Å². The van der Waals surface area contributed by atoms with Gasteiger partial charge >= 0.3 is 6.85 Å². The zero-order chi connectivity index (χ0) is 44.2. The highest BCUT2D eigenvalue weighted by atomic mass is 15.0. The van der Waals surface area contributed by atoms with Crippen LogP contribution >= 0.6 is 0 Å². The SMILES string of the molecule is Cc1c(C)c(C)c2c(c1C)c1c(C)c(C)c(C)c3c1n2B1c2c-3cc(-c3cc(C(C)(C)C)cc(C(C)(C)C)c3)cc2-n2c3c(C)c(C)c(C)c(C)c3c3c(C)c(C)c(C)c1c32. The minimum atomic E-state index is 0.00595. The summed E-state index contributed by atoms with van der Waals surface area (Å²) in [6, 6.07) is 12.7. The maximum absolute atomic E-state index is 2.87. The van der Waals surface area contributed by atoms with Crippen molar-refractivity contribution < 1.29 is 0 Å². The van der Waals surface area contributed by atoms with Crippen LogP contribution in [0.4, 0.5) is 0 Å². The van der Waals surface area contributed by atoms with E-state index in [1.54, 1.807) is 0 Å². The maximum Gasteiger partial charge on any atom is 0.333 e. The molecule has 0 atom stereocenters. The zero-order valence-electron chi connectivity index (χ0n) is 40.9. The first kappa shape index (κ1) is 40.1. The van der Waals surface area contributed by atoms with Crippen molar-refractivity contribution in [2.75, 3.05) is 0 Å². The average molecular weight is 801 g/mol. The van der Waals surface area contributed by atoms with Crippen molar-refractivity contribution in [3.8, 4) is 27.9 Å². The predicted octanol–water partition coefficient (Wildman–Crippen LogP) is 14.4. The van der Waals surface area contributed by atoms with E-state index in [-0.39, 0.29) is 17.7 Å². The van der Waals surface area contributed by atoms with Crippen molar-refractivity contribution in [1.29, 1.82) is 0 Å². The molecule has 6 aromatic carbocycles. The van der Waals surface area contributed by atoms with Crippen LogP contribution in [-0.4, -0.2) is 15.9 Å². The molecule has 0 N–H and O–H groups in total. The summed E-state index contributed by atoms with van der Waals surface area (Å²) < 4.78 is 5.63. The summed E-state index contributed by atoms with van der Waals surface area (Å²) in [7, 11) is 0. The van der Waals surface area contributed by atoms with Crippen LogP contribution in [0.15, 0.2) is 30.3 Å². The Morgan fingerprint density at radius 2 is 0.770 bits per heavy atom. The smallest absolute Gasteiger partial charge is 0.333 e. The minimum Gasteiger partial charge on any atom is -0.375 e. The van der Waals surface area contributed by atoms with E-state index in [4.69, 9.17) is 0 Å². The molecule has 2 aliphatic rings. The predicted molar refractivity (Wildman–Crippen MR) is 269 cm³/mol. The van der Waals surface area contributed by atoms with E-state index in [9.17, 15) is 0 Å². The number of aryl methyl sites for hydroxylation is 6. The summed E-state index contributed by atoms with van der Waals surface area (Å²) in [4.78, 5) is 0. The number of nitrogens with zero attached hydrogens (tertiary/aromatic N) is 2. The van der Waals surface area contributed by atoms with Crippen LogP contribution in [0.1, 0.15) is 131 Å². The Bertz CT molecular complexity index is 3360. The molecule has 3 heteroatoms. The van der Waals surface area contributed by atoms with Crippen LogP contribution in [0.2, 0.25) is 0 Å². The van der Waals surface area contributed by atoms with Crippen molar-refractivity contribution in [1.82, 2.24) is 9.05 Å². The van der Waals surface area contributed by atoms with E-state index in [1.165, 1.54) is 171 Å². The summed E-state index contributed by atoms with van der Waals surface area (Å²) in [6.07, 6.45) is 0. The first-order chi connectivity index (χ1) is 28.4. The Kier molecular flexibility index (Phi) is 8.10. The fraction of sp³-hybridized carbons (Fsp3) is 0.379. The van der Waals surface area contributed by atoms with Gasteiger partial charge in [0.15, 0.2) is 0 Å². The Labute approximate surface area is 365 Å². The molecular formula is C58H65BN2. The third-order valence-electron chi connectivity index (χ3n) is 17.0. The standard InChI is InChI=1S/C58H65BN2/c1-26-28(3)38(13)53-47(33(26)8)50-36(11)31(6)37(12)51-56(50)60(53)45-24-41(40-21-42(57(15,16)17)25-43(22-40)58(18,19)20)23-44-46-32(7)30(5)35(10)49-48-34(9)27(2)29(4)39(14)54(48)61(55(46)49)59(51)52(44)45/h21-25H,1-20H3. The van der Waals surface area contributed by atoms with Crippen LogP contribution in [0.5, 0.6) is 0 Å². The van der Waals surface area contributed by atoms with E-state index >= 15 is 0 Å². The molecule has 2 nitrogen and oxygen atoms in total. The zero-order valence-corrected chi connectivity index (χ0v) is 40.9. The molecule has 0 spiro atoms. The summed E-state index contributed by atoms with van der Waals surface area (Å²) >= 11 is 0. The van der Waals surface area contributed by atoms with Gasteiger partial charge in [-0.2, -0.15) is 0 Å². The molecule has 8 aromatic rings. The summed E-state index contributed by atoms with van der Waals surface area (Å²) in [5.41, 5.74) is 37.9. The summed E-state index contributed by atoms with van der Waals surface area (Å²) in [5.74, 6) is 0. The molecule has 10 rings (SSSR count). The van der Waals surface area contributed by atoms with Gasteiger partial charge in [-0.3, -0.25) is 0 Å². The number of hydrogen-bond donors (Lipinski definition) is 0. The van der Waals surface area contributed by atoms with Crippen molar-refractivity contribution in [3.63, 3.8) is 0 Å². The van der Waals surface area contributed by atoms with Crippen molar-refractivity contribution in [2.24, 2.45) is 0 Å². The minimum absolute atomic E-state index is 0.00595. The number of hydrogen-bond acceptors (Lipinski definition) is 0. The average Bonchev–Trinajstić information content (AvgIpc) is 3.75. The lowest BCUT2D eigenvalue weighted by Crippen LogP contribution is -2.56. The highest BCUT2D eigenvalue weighted by molar-refractivity contribution is 6.90. The normalized spacial score (nSPS) is 13.5. The van der Waals surface area contributed by atoms with Gasteiger partial charge in [-0.05, 0) is 237 Å². The fourth-order valence-corrected chi connectivity index (χ4v) is 12.1. The first-order valence-corrected chi connectivity index (χ1v) is 22.8. The highest BCUT2D eigenvalue weighted by Gasteiger charge is 2.45. The number of rotatable bonds is 1. The lowest BCUT2D eigenvalue weighted by Gasteiger charge is -2.37. The maximum atomic E-state index is 2.87. The van der Waals surface area contributed by atoms with Gasteiger partial charge < -0.3 is 9.05 Å². The van der Waals surface area contributed by atoms with Gasteiger partial charge in [0.05, 0.1) is 11.0 Å². The molecule has 0 saturated carbocycles. The monoisotopic (exact) mass is 801 g/mol. The fourth-order valence-electron chi connectivity index (χ4n) is 12.1. The molecule has 2 aromatic heterocycles. The number of aromatic nitrogens is 2. The number of fused-ring (bicyclic) bond motifs is 10. The van der Waals surface area contributed by atoms with Crippen molar-refractivity contribution in [3.05, 3.63) is 119 Å². The second kappa shape index (κ2) is 12.3. The summed E-state index contributed by atoms with van der Waals surface area (Å²) in [6.45, 7) is 47.5. The van der Waals surface area contributed by atoms with Gasteiger partial charge in [0.2, 0.25) is 0 Å². The lowest BCUT2D eigenvalue weighted by atomic mass is 9.44. The molecule has 0 saturated heterocycles. The van der Waals surface area contributed by atoms with E-state index in [0.717, 1.165) is 0 Å². The summed E-state index contributed by atoms with van der Waals surface area (Å²) in [5, 5.41) is 5.76. The van der Waals surface area contributed by atoms with E-state index < -0.39 is 0 Å². The second-order valence-electron chi connectivity index (χ2n) is 21.8. The first-order valence-electron chi connectivity index (χ1n) is 22.8. The van der Waals surface area contributed by atoms with Gasteiger partial charge in [-0.1, -0.05) is 59.7 Å². The van der Waals surface area contributed by atoms with Crippen LogP contribution in [0, 0.1) is 96.9 Å². The molecule has 0 fully saturated rings. The largest absolute Gasteiger partial charge is 0.375 e. The molecule has 61 heavy (non-hydrogen) atoms. The molecule has 0 unspecified atom stereocenters. The van der Waals surface area contributed by atoms with Crippen molar-refractivity contribution in [2.45, 2.75) is 149 Å². The quantitative estimate of drug-likeness (QED) is 0.146. The Balaban J connectivity index is 1.54. The molecule has 2 aliphatic heterocycles. The van der Waals surface area contributed by atoms with E-state index in [2.05, 4.69) is 178 Å². The van der Waals surface area contributed by atoms with Crippen LogP contribution in [0.3, 0.4) is 0 Å². The molecule has 0 bridgehead atoms. The molecule has 0 radical (unpaired) electrons. The molecular weight excluding hydrogens is 735 g/mol. The van der Waals surface area contributed by atoms with Gasteiger partial charge in [-0.25, -0.2) is 0 Å². The topological polar surface area (TPSA) is 9.86 Å². The lowest BCUT2D eigenvalue weighted by molar-refractivity contribution is 0.569. The van der Waals surface area contributed by atoms with Crippen LogP contribution in [-0.2, 0) is 10.8 Å². The van der Waals surface area contributed by atoms with Crippen LogP contribution in [0.25, 0.3) is 71.6 Å². The molecule has 0 amide bonds. The Morgan fingerprint density at radius 3 is 1.30 bits per heavy atom. The third-order valence-corrected chi connectivity index (χ3v) is 17.0. The molecule has 310 valence electrons.